The fourth-order valence-electron chi connectivity index (χ4n) is 2.68. The van der Waals surface area contributed by atoms with Gasteiger partial charge in [0.25, 0.3) is 0 Å². The summed E-state index contributed by atoms with van der Waals surface area (Å²) in [5, 5.41) is 3.63. The van der Waals surface area contributed by atoms with Gasteiger partial charge in [0.05, 0.1) is 6.61 Å². The van der Waals surface area contributed by atoms with Gasteiger partial charge >= 0.3 is 0 Å². The summed E-state index contributed by atoms with van der Waals surface area (Å²) >= 11 is 0. The van der Waals surface area contributed by atoms with E-state index in [0.29, 0.717) is 12.6 Å². The largest absolute Gasteiger partial charge is 0.382 e. The van der Waals surface area contributed by atoms with E-state index in [0.717, 1.165) is 5.92 Å². The summed E-state index contributed by atoms with van der Waals surface area (Å²) in [4.78, 5) is 0. The monoisotopic (exact) mass is 233 g/mol. The highest BCUT2D eigenvalue weighted by Crippen LogP contribution is 2.30. The van der Waals surface area contributed by atoms with Crippen molar-refractivity contribution in [2.45, 2.75) is 45.3 Å². The van der Waals surface area contributed by atoms with Gasteiger partial charge in [-0.1, -0.05) is 25.5 Å². The first-order chi connectivity index (χ1) is 8.31. The summed E-state index contributed by atoms with van der Waals surface area (Å²) in [5.74, 6) is 0.931. The third-order valence-corrected chi connectivity index (χ3v) is 3.75. The third kappa shape index (κ3) is 3.47. The number of benzene rings is 1. The number of nitrogens with one attached hydrogen (secondary N) is 1. The van der Waals surface area contributed by atoms with Crippen LogP contribution in [0.5, 0.6) is 0 Å². The summed E-state index contributed by atoms with van der Waals surface area (Å²) < 4.78 is 5.11. The van der Waals surface area contributed by atoms with Crippen molar-refractivity contribution in [2.24, 2.45) is 5.92 Å². The van der Waals surface area contributed by atoms with E-state index in [9.17, 15) is 0 Å². The average Bonchev–Trinajstić information content (AvgIpc) is 2.80. The van der Waals surface area contributed by atoms with Crippen LogP contribution in [0.2, 0.25) is 0 Å². The Bertz CT molecular complexity index is 333. The van der Waals surface area contributed by atoms with Crippen molar-refractivity contribution in [3.05, 3.63) is 29.8 Å². The standard InChI is InChI=1S/C15H23NO/c1-3-12-4-9-15(10-12)16-14-7-5-13(6-8-14)11-17-2/h5-8,12,15-16H,3-4,9-11H2,1-2H3. The molecule has 1 aliphatic rings. The number of ether oxygens (including phenoxy) is 1. The van der Waals surface area contributed by atoms with Crippen LogP contribution in [0.1, 0.15) is 38.2 Å². The number of rotatable bonds is 5. The average molecular weight is 233 g/mol. The third-order valence-electron chi connectivity index (χ3n) is 3.75. The van der Waals surface area contributed by atoms with Crippen molar-refractivity contribution in [3.63, 3.8) is 0 Å². The van der Waals surface area contributed by atoms with E-state index >= 15 is 0 Å². The van der Waals surface area contributed by atoms with Gasteiger partial charge in [0.15, 0.2) is 0 Å². The van der Waals surface area contributed by atoms with E-state index in [1.807, 2.05) is 0 Å². The van der Waals surface area contributed by atoms with Gasteiger partial charge in [-0.15, -0.1) is 0 Å². The molecular formula is C15H23NO. The highest BCUT2D eigenvalue weighted by Gasteiger charge is 2.22. The predicted octanol–water partition coefficient (Wildman–Crippen LogP) is 3.82. The van der Waals surface area contributed by atoms with Crippen LogP contribution in [0.15, 0.2) is 24.3 Å². The smallest absolute Gasteiger partial charge is 0.0713 e. The second-order valence-corrected chi connectivity index (χ2v) is 5.06. The molecule has 2 nitrogen and oxygen atoms in total. The predicted molar refractivity (Wildman–Crippen MR) is 72.2 cm³/mol. The molecule has 0 aliphatic heterocycles. The Hall–Kier alpha value is -1.02. The highest BCUT2D eigenvalue weighted by molar-refractivity contribution is 5.45. The molecule has 1 aliphatic carbocycles. The number of anilines is 1. The van der Waals surface area contributed by atoms with E-state index in [4.69, 9.17) is 4.74 Å². The Morgan fingerprint density at radius 1 is 1.24 bits per heavy atom. The van der Waals surface area contributed by atoms with E-state index in [-0.39, 0.29) is 0 Å². The molecule has 2 heteroatoms. The van der Waals surface area contributed by atoms with Gasteiger partial charge in [-0.3, -0.25) is 0 Å². The highest BCUT2D eigenvalue weighted by atomic mass is 16.5. The summed E-state index contributed by atoms with van der Waals surface area (Å²) in [6.07, 6.45) is 5.36. The second-order valence-electron chi connectivity index (χ2n) is 5.06. The topological polar surface area (TPSA) is 21.3 Å². The Labute approximate surface area is 104 Å². The minimum atomic E-state index is 0.674. The maximum absolute atomic E-state index is 5.11. The molecule has 0 spiro atoms. The Balaban J connectivity index is 1.86. The van der Waals surface area contributed by atoms with Gasteiger partial charge in [0.2, 0.25) is 0 Å². The van der Waals surface area contributed by atoms with Crippen LogP contribution in [-0.2, 0) is 11.3 Å². The van der Waals surface area contributed by atoms with Gasteiger partial charge < -0.3 is 10.1 Å². The summed E-state index contributed by atoms with van der Waals surface area (Å²) in [5.41, 5.74) is 2.47. The molecule has 1 aromatic carbocycles. The molecule has 2 atom stereocenters. The van der Waals surface area contributed by atoms with Gasteiger partial charge in [-0.25, -0.2) is 0 Å². The van der Waals surface area contributed by atoms with Crippen molar-refractivity contribution in [2.75, 3.05) is 12.4 Å². The first kappa shape index (κ1) is 12.4. The van der Waals surface area contributed by atoms with E-state index < -0.39 is 0 Å². The second kappa shape index (κ2) is 6.06. The molecular weight excluding hydrogens is 210 g/mol. The first-order valence-electron chi connectivity index (χ1n) is 6.66. The minimum Gasteiger partial charge on any atom is -0.382 e. The fraction of sp³-hybridized carbons (Fsp3) is 0.600. The normalized spacial score (nSPS) is 23.9. The molecule has 94 valence electrons. The minimum absolute atomic E-state index is 0.674. The molecule has 0 radical (unpaired) electrons. The molecule has 1 fully saturated rings. The molecule has 0 heterocycles. The Morgan fingerprint density at radius 2 is 2.00 bits per heavy atom. The SMILES string of the molecule is CCC1CCC(Nc2ccc(COC)cc2)C1. The first-order valence-corrected chi connectivity index (χ1v) is 6.66. The zero-order valence-corrected chi connectivity index (χ0v) is 10.9. The van der Waals surface area contributed by atoms with Gasteiger partial charge in [-0.05, 0) is 42.9 Å². The van der Waals surface area contributed by atoms with Gasteiger partial charge in [-0.2, -0.15) is 0 Å². The van der Waals surface area contributed by atoms with E-state index in [1.54, 1.807) is 7.11 Å². The van der Waals surface area contributed by atoms with Crippen LogP contribution in [0.3, 0.4) is 0 Å². The lowest BCUT2D eigenvalue weighted by molar-refractivity contribution is 0.185. The van der Waals surface area contributed by atoms with Crippen molar-refractivity contribution in [1.82, 2.24) is 0 Å². The van der Waals surface area contributed by atoms with Crippen LogP contribution in [0.4, 0.5) is 5.69 Å². The van der Waals surface area contributed by atoms with Crippen LogP contribution < -0.4 is 5.32 Å². The Kier molecular flexibility index (Phi) is 4.43. The quantitative estimate of drug-likeness (QED) is 0.834. The maximum Gasteiger partial charge on any atom is 0.0713 e. The van der Waals surface area contributed by atoms with Crippen LogP contribution in [0, 0.1) is 5.92 Å². The molecule has 0 aromatic heterocycles. The van der Waals surface area contributed by atoms with Crippen LogP contribution in [-0.4, -0.2) is 13.2 Å². The van der Waals surface area contributed by atoms with Crippen molar-refractivity contribution >= 4 is 5.69 Å². The zero-order valence-electron chi connectivity index (χ0n) is 10.9. The lowest BCUT2D eigenvalue weighted by Gasteiger charge is -2.14. The van der Waals surface area contributed by atoms with E-state index in [1.165, 1.54) is 36.9 Å². The summed E-state index contributed by atoms with van der Waals surface area (Å²) in [6.45, 7) is 2.99. The van der Waals surface area contributed by atoms with Crippen LogP contribution >= 0.6 is 0 Å². The van der Waals surface area contributed by atoms with Crippen molar-refractivity contribution in [1.29, 1.82) is 0 Å². The molecule has 0 bridgehead atoms. The van der Waals surface area contributed by atoms with Gasteiger partial charge in [0, 0.05) is 18.8 Å². The molecule has 2 rings (SSSR count). The molecule has 1 N–H and O–H groups in total. The molecule has 0 saturated heterocycles. The maximum atomic E-state index is 5.11. The number of methoxy groups -OCH3 is 1. The molecule has 0 amide bonds. The zero-order chi connectivity index (χ0) is 12.1. The van der Waals surface area contributed by atoms with Crippen LogP contribution in [0.25, 0.3) is 0 Å². The fourth-order valence-corrected chi connectivity index (χ4v) is 2.68. The number of hydrogen-bond donors (Lipinski definition) is 1. The molecule has 2 unspecified atom stereocenters. The molecule has 1 aromatic rings. The van der Waals surface area contributed by atoms with E-state index in [2.05, 4.69) is 36.5 Å². The lowest BCUT2D eigenvalue weighted by Crippen LogP contribution is -2.15. The Morgan fingerprint density at radius 3 is 2.59 bits per heavy atom. The van der Waals surface area contributed by atoms with Crippen molar-refractivity contribution in [3.8, 4) is 0 Å². The molecule has 17 heavy (non-hydrogen) atoms. The van der Waals surface area contributed by atoms with Gasteiger partial charge in [0.1, 0.15) is 0 Å². The molecule has 1 saturated carbocycles. The summed E-state index contributed by atoms with van der Waals surface area (Å²) in [6, 6.07) is 9.27. The summed E-state index contributed by atoms with van der Waals surface area (Å²) in [7, 11) is 1.73. The lowest BCUT2D eigenvalue weighted by atomic mass is 10.1. The number of hydrogen-bond acceptors (Lipinski definition) is 2. The van der Waals surface area contributed by atoms with Crippen molar-refractivity contribution < 1.29 is 4.74 Å².